The van der Waals surface area contributed by atoms with E-state index in [4.69, 9.17) is 9.47 Å². The van der Waals surface area contributed by atoms with Gasteiger partial charge in [-0.1, -0.05) is 10.5 Å². The molecule has 1 fully saturated rings. The Morgan fingerprint density at radius 2 is 2.15 bits per heavy atom. The summed E-state index contributed by atoms with van der Waals surface area (Å²) in [5.74, 6) is -1.24. The number of carbonyl (C=O) groups excluding carboxylic acids is 2. The standard InChI is InChI=1S/C16H22N2O7S/c1-18(23-2)26(21,22)14-7-3-5-12(9-14)16(20)25-11-15(19)17-10-13-6-4-8-24-13/h3,5,7,9,13H,4,6,8,10-11H2,1-2H3,(H,17,19)/t13-/m0/s1. The zero-order valence-electron chi connectivity index (χ0n) is 14.6. The van der Waals surface area contributed by atoms with E-state index in [1.54, 1.807) is 0 Å². The zero-order chi connectivity index (χ0) is 19.2. The highest BCUT2D eigenvalue weighted by Gasteiger charge is 2.22. The van der Waals surface area contributed by atoms with Crippen LogP contribution >= 0.6 is 0 Å². The number of amides is 1. The van der Waals surface area contributed by atoms with E-state index in [1.807, 2.05) is 0 Å². The molecule has 0 spiro atoms. The number of sulfonamides is 1. The lowest BCUT2D eigenvalue weighted by atomic mass is 10.2. The zero-order valence-corrected chi connectivity index (χ0v) is 15.5. The molecule has 9 nitrogen and oxygen atoms in total. The van der Waals surface area contributed by atoms with Crippen molar-refractivity contribution >= 4 is 21.9 Å². The molecule has 26 heavy (non-hydrogen) atoms. The number of hydroxylamine groups is 1. The Bertz CT molecular complexity index is 745. The van der Waals surface area contributed by atoms with E-state index in [2.05, 4.69) is 10.2 Å². The maximum absolute atomic E-state index is 12.2. The summed E-state index contributed by atoms with van der Waals surface area (Å²) in [7, 11) is -1.44. The Hall–Kier alpha value is -2.01. The fourth-order valence-corrected chi connectivity index (χ4v) is 3.35. The molecule has 1 aromatic rings. The summed E-state index contributed by atoms with van der Waals surface area (Å²) < 4.78 is 35.4. The quantitative estimate of drug-likeness (QED) is 0.506. The molecule has 0 radical (unpaired) electrons. The minimum Gasteiger partial charge on any atom is -0.452 e. The van der Waals surface area contributed by atoms with E-state index in [0.29, 0.717) is 17.6 Å². The monoisotopic (exact) mass is 386 g/mol. The van der Waals surface area contributed by atoms with Gasteiger partial charge in [0, 0.05) is 20.2 Å². The summed E-state index contributed by atoms with van der Waals surface area (Å²) in [5, 5.41) is 2.63. The summed E-state index contributed by atoms with van der Waals surface area (Å²) in [6.07, 6.45) is 1.85. The van der Waals surface area contributed by atoms with E-state index in [1.165, 1.54) is 32.4 Å². The first kappa shape index (κ1) is 20.3. The van der Waals surface area contributed by atoms with Gasteiger partial charge in [0.25, 0.3) is 15.9 Å². The van der Waals surface area contributed by atoms with Crippen LogP contribution in [0.2, 0.25) is 0 Å². The lowest BCUT2D eigenvalue weighted by molar-refractivity contribution is -0.124. The molecular weight excluding hydrogens is 364 g/mol. The molecule has 1 aliphatic rings. The summed E-state index contributed by atoms with van der Waals surface area (Å²) in [6, 6.07) is 5.30. The highest BCUT2D eigenvalue weighted by atomic mass is 32.2. The SMILES string of the molecule is CON(C)S(=O)(=O)c1cccc(C(=O)OCC(=O)NC[C@@H]2CCCO2)c1. The van der Waals surface area contributed by atoms with Crippen molar-refractivity contribution in [3.8, 4) is 0 Å². The molecule has 0 bridgehead atoms. The first-order valence-corrected chi connectivity index (χ1v) is 9.47. The van der Waals surface area contributed by atoms with Crippen LogP contribution < -0.4 is 5.32 Å². The van der Waals surface area contributed by atoms with Crippen molar-refractivity contribution in [1.29, 1.82) is 0 Å². The molecule has 1 amide bonds. The Labute approximate surface area is 152 Å². The van der Waals surface area contributed by atoms with Crippen LogP contribution in [-0.4, -0.2) is 64.8 Å². The minimum absolute atomic E-state index is 0.00526. The maximum atomic E-state index is 12.2. The van der Waals surface area contributed by atoms with Crippen LogP contribution in [0.1, 0.15) is 23.2 Å². The summed E-state index contributed by atoms with van der Waals surface area (Å²) >= 11 is 0. The third-order valence-corrected chi connectivity index (χ3v) is 5.52. The third-order valence-electron chi connectivity index (χ3n) is 3.85. The van der Waals surface area contributed by atoms with Crippen molar-refractivity contribution in [3.05, 3.63) is 29.8 Å². The van der Waals surface area contributed by atoms with Crippen LogP contribution in [0.3, 0.4) is 0 Å². The molecule has 0 saturated carbocycles. The fourth-order valence-electron chi connectivity index (χ4n) is 2.33. The molecule has 1 atom stereocenters. The Kier molecular flexibility index (Phi) is 7.09. The van der Waals surface area contributed by atoms with Gasteiger partial charge in [0.1, 0.15) is 0 Å². The minimum atomic E-state index is -3.88. The second-order valence-corrected chi connectivity index (χ2v) is 7.58. The van der Waals surface area contributed by atoms with E-state index < -0.39 is 28.5 Å². The van der Waals surface area contributed by atoms with E-state index in [-0.39, 0.29) is 16.6 Å². The van der Waals surface area contributed by atoms with Crippen LogP contribution in [0, 0.1) is 0 Å². The van der Waals surface area contributed by atoms with Gasteiger partial charge in [0.05, 0.1) is 23.7 Å². The van der Waals surface area contributed by atoms with Gasteiger partial charge in [-0.05, 0) is 31.0 Å². The molecule has 1 heterocycles. The largest absolute Gasteiger partial charge is 0.452 e. The number of ether oxygens (including phenoxy) is 2. The first-order chi connectivity index (χ1) is 12.3. The number of benzene rings is 1. The molecule has 0 unspecified atom stereocenters. The lowest BCUT2D eigenvalue weighted by Crippen LogP contribution is -2.34. The third kappa shape index (κ3) is 5.24. The molecule has 1 aromatic carbocycles. The molecule has 0 aliphatic carbocycles. The molecule has 1 N–H and O–H groups in total. The van der Waals surface area contributed by atoms with Gasteiger partial charge in [-0.2, -0.15) is 0 Å². The van der Waals surface area contributed by atoms with Crippen LogP contribution in [0.15, 0.2) is 29.2 Å². The van der Waals surface area contributed by atoms with Crippen molar-refractivity contribution in [2.24, 2.45) is 0 Å². The first-order valence-electron chi connectivity index (χ1n) is 8.03. The predicted molar refractivity (Wildman–Crippen MR) is 90.7 cm³/mol. The predicted octanol–water partition coefficient (Wildman–Crippen LogP) is 0.321. The number of hydrogen-bond donors (Lipinski definition) is 1. The van der Waals surface area contributed by atoms with Crippen molar-refractivity contribution in [3.63, 3.8) is 0 Å². The topological polar surface area (TPSA) is 111 Å². The van der Waals surface area contributed by atoms with Gasteiger partial charge >= 0.3 is 5.97 Å². The molecule has 2 rings (SSSR count). The molecule has 0 aromatic heterocycles. The fraction of sp³-hybridized carbons (Fsp3) is 0.500. The van der Waals surface area contributed by atoms with Crippen LogP contribution in [0.5, 0.6) is 0 Å². The lowest BCUT2D eigenvalue weighted by Gasteiger charge is -2.14. The van der Waals surface area contributed by atoms with Gasteiger partial charge in [0.15, 0.2) is 6.61 Å². The molecule has 144 valence electrons. The van der Waals surface area contributed by atoms with Crippen molar-refractivity contribution in [1.82, 2.24) is 9.79 Å². The highest BCUT2D eigenvalue weighted by molar-refractivity contribution is 7.89. The molecule has 10 heteroatoms. The number of rotatable bonds is 8. The van der Waals surface area contributed by atoms with E-state index in [9.17, 15) is 18.0 Å². The second kappa shape index (κ2) is 9.08. The van der Waals surface area contributed by atoms with Crippen molar-refractivity contribution in [2.45, 2.75) is 23.8 Å². The summed E-state index contributed by atoms with van der Waals surface area (Å²) in [4.78, 5) is 28.3. The normalized spacial score (nSPS) is 17.3. The van der Waals surface area contributed by atoms with Gasteiger partial charge in [0.2, 0.25) is 0 Å². The van der Waals surface area contributed by atoms with Gasteiger partial charge < -0.3 is 14.8 Å². The second-order valence-electron chi connectivity index (χ2n) is 5.64. The summed E-state index contributed by atoms with van der Waals surface area (Å²) in [5.41, 5.74) is 0.0162. The van der Waals surface area contributed by atoms with E-state index >= 15 is 0 Å². The molecule has 1 saturated heterocycles. The maximum Gasteiger partial charge on any atom is 0.338 e. The Morgan fingerprint density at radius 1 is 1.38 bits per heavy atom. The van der Waals surface area contributed by atoms with Gasteiger partial charge in [-0.15, -0.1) is 0 Å². The summed E-state index contributed by atoms with van der Waals surface area (Å²) in [6.45, 7) is 0.598. The van der Waals surface area contributed by atoms with Gasteiger partial charge in [-0.3, -0.25) is 9.63 Å². The average Bonchev–Trinajstić information content (AvgIpc) is 3.17. The van der Waals surface area contributed by atoms with Crippen LogP contribution in [0.4, 0.5) is 0 Å². The molecule has 1 aliphatic heterocycles. The van der Waals surface area contributed by atoms with Crippen LogP contribution in [-0.2, 0) is 29.1 Å². The number of hydrogen-bond acceptors (Lipinski definition) is 7. The van der Waals surface area contributed by atoms with E-state index in [0.717, 1.165) is 18.9 Å². The number of nitrogens with one attached hydrogen (secondary N) is 1. The van der Waals surface area contributed by atoms with Crippen LogP contribution in [0.25, 0.3) is 0 Å². The van der Waals surface area contributed by atoms with Crippen molar-refractivity contribution < 1.29 is 32.3 Å². The Morgan fingerprint density at radius 3 is 2.81 bits per heavy atom. The number of nitrogens with zero attached hydrogens (tertiary/aromatic N) is 1. The van der Waals surface area contributed by atoms with Crippen molar-refractivity contribution in [2.75, 3.05) is 33.9 Å². The molecular formula is C16H22N2O7S. The van der Waals surface area contributed by atoms with Gasteiger partial charge in [-0.25, -0.2) is 13.2 Å². The number of esters is 1. The average molecular weight is 386 g/mol. The Balaban J connectivity index is 1.91. The highest BCUT2D eigenvalue weighted by Crippen LogP contribution is 2.16. The smallest absolute Gasteiger partial charge is 0.338 e. The number of carbonyl (C=O) groups is 2.